The normalized spacial score (nSPS) is 13.1. The SMILES string of the molecule is OC(c1ccc2oc3ccccc3c2c1)c1ccco1. The van der Waals surface area contributed by atoms with Crippen molar-refractivity contribution in [1.29, 1.82) is 0 Å². The molecule has 1 atom stereocenters. The Hall–Kier alpha value is -2.52. The van der Waals surface area contributed by atoms with Gasteiger partial charge in [-0.25, -0.2) is 0 Å². The summed E-state index contributed by atoms with van der Waals surface area (Å²) in [6.45, 7) is 0. The zero-order valence-electron chi connectivity index (χ0n) is 10.6. The molecule has 3 heteroatoms. The summed E-state index contributed by atoms with van der Waals surface area (Å²) in [4.78, 5) is 0. The van der Waals surface area contributed by atoms with E-state index in [-0.39, 0.29) is 0 Å². The summed E-state index contributed by atoms with van der Waals surface area (Å²) < 4.78 is 11.0. The lowest BCUT2D eigenvalue weighted by Crippen LogP contribution is -1.97. The molecule has 20 heavy (non-hydrogen) atoms. The molecule has 2 aromatic carbocycles. The van der Waals surface area contributed by atoms with E-state index in [1.165, 1.54) is 0 Å². The molecule has 2 aromatic heterocycles. The Balaban J connectivity index is 1.91. The van der Waals surface area contributed by atoms with Crippen molar-refractivity contribution in [2.75, 3.05) is 0 Å². The maximum absolute atomic E-state index is 10.3. The van der Waals surface area contributed by atoms with Crippen LogP contribution in [-0.4, -0.2) is 5.11 Å². The van der Waals surface area contributed by atoms with Crippen molar-refractivity contribution >= 4 is 21.9 Å². The van der Waals surface area contributed by atoms with E-state index in [2.05, 4.69) is 0 Å². The van der Waals surface area contributed by atoms with Crippen LogP contribution in [0, 0.1) is 0 Å². The van der Waals surface area contributed by atoms with Crippen LogP contribution in [0.2, 0.25) is 0 Å². The average Bonchev–Trinajstić information content (AvgIpc) is 3.13. The minimum atomic E-state index is -0.761. The van der Waals surface area contributed by atoms with E-state index in [0.29, 0.717) is 5.76 Å². The molecule has 3 nitrogen and oxygen atoms in total. The van der Waals surface area contributed by atoms with Crippen LogP contribution in [-0.2, 0) is 0 Å². The molecule has 1 N–H and O–H groups in total. The topological polar surface area (TPSA) is 46.5 Å². The van der Waals surface area contributed by atoms with Crippen LogP contribution in [0.4, 0.5) is 0 Å². The predicted molar refractivity (Wildman–Crippen MR) is 76.5 cm³/mol. The molecule has 0 amide bonds. The quantitative estimate of drug-likeness (QED) is 0.588. The van der Waals surface area contributed by atoms with Gasteiger partial charge in [-0.2, -0.15) is 0 Å². The van der Waals surface area contributed by atoms with Crippen molar-refractivity contribution in [2.45, 2.75) is 6.10 Å². The van der Waals surface area contributed by atoms with E-state index in [0.717, 1.165) is 27.5 Å². The van der Waals surface area contributed by atoms with Gasteiger partial charge in [0, 0.05) is 10.8 Å². The molecule has 2 heterocycles. The molecule has 1 unspecified atom stereocenters. The Morgan fingerprint density at radius 3 is 2.55 bits per heavy atom. The van der Waals surface area contributed by atoms with Crippen molar-refractivity contribution in [3.05, 3.63) is 72.2 Å². The number of rotatable bonds is 2. The van der Waals surface area contributed by atoms with E-state index in [9.17, 15) is 5.11 Å². The number of aliphatic hydroxyl groups excluding tert-OH is 1. The predicted octanol–water partition coefficient (Wildman–Crippen LogP) is 4.26. The number of para-hydroxylation sites is 1. The van der Waals surface area contributed by atoms with Gasteiger partial charge in [-0.1, -0.05) is 24.3 Å². The highest BCUT2D eigenvalue weighted by atomic mass is 16.4. The van der Waals surface area contributed by atoms with Crippen LogP contribution in [0.25, 0.3) is 21.9 Å². The monoisotopic (exact) mass is 264 g/mol. The summed E-state index contributed by atoms with van der Waals surface area (Å²) in [5.74, 6) is 0.539. The summed E-state index contributed by atoms with van der Waals surface area (Å²) in [7, 11) is 0. The molecule has 0 radical (unpaired) electrons. The molecule has 0 saturated heterocycles. The van der Waals surface area contributed by atoms with Crippen molar-refractivity contribution in [3.63, 3.8) is 0 Å². The Morgan fingerprint density at radius 2 is 1.70 bits per heavy atom. The number of furan rings is 2. The van der Waals surface area contributed by atoms with E-state index < -0.39 is 6.10 Å². The van der Waals surface area contributed by atoms with Gasteiger partial charge in [-0.15, -0.1) is 0 Å². The smallest absolute Gasteiger partial charge is 0.137 e. The first kappa shape index (κ1) is 11.3. The third kappa shape index (κ3) is 1.64. The van der Waals surface area contributed by atoms with Gasteiger partial charge in [-0.3, -0.25) is 0 Å². The standard InChI is InChI=1S/C17H12O3/c18-17(16-6-3-9-19-16)11-7-8-15-13(10-11)12-4-1-2-5-14(12)20-15/h1-10,17-18H. The summed E-state index contributed by atoms with van der Waals surface area (Å²) in [6, 6.07) is 17.1. The number of fused-ring (bicyclic) bond motifs is 3. The molecule has 4 rings (SSSR count). The zero-order valence-corrected chi connectivity index (χ0v) is 10.6. The largest absolute Gasteiger partial charge is 0.466 e. The lowest BCUT2D eigenvalue weighted by molar-refractivity contribution is 0.189. The first-order chi connectivity index (χ1) is 9.83. The first-order valence-electron chi connectivity index (χ1n) is 6.45. The third-order valence-electron chi connectivity index (χ3n) is 3.53. The van der Waals surface area contributed by atoms with Crippen molar-refractivity contribution < 1.29 is 13.9 Å². The Bertz CT molecular complexity index is 872. The average molecular weight is 264 g/mol. The summed E-state index contributed by atoms with van der Waals surface area (Å²) in [5.41, 5.74) is 2.47. The van der Waals surface area contributed by atoms with Gasteiger partial charge >= 0.3 is 0 Å². The van der Waals surface area contributed by atoms with E-state index >= 15 is 0 Å². The molecule has 98 valence electrons. The zero-order chi connectivity index (χ0) is 13.5. The van der Waals surface area contributed by atoms with Gasteiger partial charge in [0.15, 0.2) is 0 Å². The molecule has 0 aliphatic heterocycles. The molecule has 0 bridgehead atoms. The number of hydrogen-bond donors (Lipinski definition) is 1. The molecule has 0 aliphatic rings. The van der Waals surface area contributed by atoms with Crippen molar-refractivity contribution in [2.24, 2.45) is 0 Å². The van der Waals surface area contributed by atoms with Gasteiger partial charge < -0.3 is 13.9 Å². The maximum atomic E-state index is 10.3. The maximum Gasteiger partial charge on any atom is 0.137 e. The third-order valence-corrected chi connectivity index (χ3v) is 3.53. The highest BCUT2D eigenvalue weighted by Crippen LogP contribution is 2.32. The van der Waals surface area contributed by atoms with Gasteiger partial charge in [0.2, 0.25) is 0 Å². The fourth-order valence-electron chi connectivity index (χ4n) is 2.52. The Labute approximate surface area is 115 Å². The fraction of sp³-hybridized carbons (Fsp3) is 0.0588. The van der Waals surface area contributed by atoms with Crippen molar-refractivity contribution in [1.82, 2.24) is 0 Å². The summed E-state index contributed by atoms with van der Waals surface area (Å²) in [5, 5.41) is 12.4. The second kappa shape index (κ2) is 4.25. The second-order valence-electron chi connectivity index (χ2n) is 4.77. The van der Waals surface area contributed by atoms with Crippen LogP contribution in [0.1, 0.15) is 17.4 Å². The molecule has 4 aromatic rings. The van der Waals surface area contributed by atoms with Crippen LogP contribution in [0.3, 0.4) is 0 Å². The van der Waals surface area contributed by atoms with Crippen LogP contribution in [0.5, 0.6) is 0 Å². The van der Waals surface area contributed by atoms with Crippen LogP contribution < -0.4 is 0 Å². The summed E-state index contributed by atoms with van der Waals surface area (Å²) >= 11 is 0. The summed E-state index contributed by atoms with van der Waals surface area (Å²) in [6.07, 6.45) is 0.799. The van der Waals surface area contributed by atoms with Gasteiger partial charge in [0.1, 0.15) is 23.0 Å². The Morgan fingerprint density at radius 1 is 0.850 bits per heavy atom. The van der Waals surface area contributed by atoms with Crippen LogP contribution in [0.15, 0.2) is 69.7 Å². The minimum absolute atomic E-state index is 0.539. The molecular formula is C17H12O3. The Kier molecular flexibility index (Phi) is 2.41. The molecular weight excluding hydrogens is 252 g/mol. The first-order valence-corrected chi connectivity index (χ1v) is 6.45. The molecule has 0 aliphatic carbocycles. The van der Waals surface area contributed by atoms with Gasteiger partial charge in [-0.05, 0) is 35.9 Å². The lowest BCUT2D eigenvalue weighted by Gasteiger charge is -2.07. The number of hydrogen-bond acceptors (Lipinski definition) is 3. The van der Waals surface area contributed by atoms with Crippen molar-refractivity contribution in [3.8, 4) is 0 Å². The molecule has 0 fully saturated rings. The van der Waals surface area contributed by atoms with Gasteiger partial charge in [0.05, 0.1) is 6.26 Å². The minimum Gasteiger partial charge on any atom is -0.466 e. The molecule has 0 saturated carbocycles. The lowest BCUT2D eigenvalue weighted by atomic mass is 10.0. The van der Waals surface area contributed by atoms with E-state index in [1.54, 1.807) is 18.4 Å². The fourth-order valence-corrected chi connectivity index (χ4v) is 2.52. The van der Waals surface area contributed by atoms with E-state index in [1.807, 2.05) is 42.5 Å². The highest BCUT2D eigenvalue weighted by Gasteiger charge is 2.15. The molecule has 0 spiro atoms. The van der Waals surface area contributed by atoms with Crippen LogP contribution >= 0.6 is 0 Å². The number of benzene rings is 2. The number of aliphatic hydroxyl groups is 1. The highest BCUT2D eigenvalue weighted by molar-refractivity contribution is 6.05. The van der Waals surface area contributed by atoms with E-state index in [4.69, 9.17) is 8.83 Å². The second-order valence-corrected chi connectivity index (χ2v) is 4.77. The van der Waals surface area contributed by atoms with Gasteiger partial charge in [0.25, 0.3) is 0 Å².